The normalized spacial score (nSPS) is 12.6. The lowest BCUT2D eigenvalue weighted by Crippen LogP contribution is -2.32. The molecule has 1 aromatic rings. The Labute approximate surface area is 92.8 Å². The van der Waals surface area contributed by atoms with Crippen molar-refractivity contribution in [2.24, 2.45) is 5.73 Å². The highest BCUT2D eigenvalue weighted by Gasteiger charge is 2.05. The van der Waals surface area contributed by atoms with E-state index in [2.05, 4.69) is 5.32 Å². The van der Waals surface area contributed by atoms with Crippen LogP contribution in [0.5, 0.6) is 0 Å². The predicted octanol–water partition coefficient (Wildman–Crippen LogP) is 1.72. The number of benzene rings is 1. The van der Waals surface area contributed by atoms with Gasteiger partial charge in [-0.05, 0) is 12.1 Å². The topological polar surface area (TPSA) is 58.3 Å². The van der Waals surface area contributed by atoms with Crippen LogP contribution in [0.1, 0.15) is 0 Å². The van der Waals surface area contributed by atoms with Gasteiger partial charge in [0.05, 0.1) is 22.3 Å². The molecule has 14 heavy (non-hydrogen) atoms. The maximum atomic E-state index is 8.71. The van der Waals surface area contributed by atoms with Gasteiger partial charge in [-0.25, -0.2) is 0 Å². The van der Waals surface area contributed by atoms with E-state index >= 15 is 0 Å². The summed E-state index contributed by atoms with van der Waals surface area (Å²) in [6.07, 6.45) is 0. The molecule has 0 saturated heterocycles. The summed E-state index contributed by atoms with van der Waals surface area (Å²) in [4.78, 5) is 0. The average molecular weight is 235 g/mol. The van der Waals surface area contributed by atoms with Gasteiger partial charge in [-0.3, -0.25) is 0 Å². The van der Waals surface area contributed by atoms with Gasteiger partial charge in [0.1, 0.15) is 0 Å². The zero-order valence-corrected chi connectivity index (χ0v) is 9.02. The van der Waals surface area contributed by atoms with Gasteiger partial charge in [-0.2, -0.15) is 0 Å². The minimum absolute atomic E-state index is 0.0643. The largest absolute Gasteiger partial charge is 0.395 e. The maximum absolute atomic E-state index is 8.71. The number of halogens is 2. The molecule has 1 atom stereocenters. The Kier molecular flexibility index (Phi) is 4.48. The molecule has 1 rings (SSSR count). The molecule has 0 heterocycles. The number of aliphatic hydroxyl groups is 1. The molecule has 0 amide bonds. The third-order valence-electron chi connectivity index (χ3n) is 1.74. The second-order valence-corrected chi connectivity index (χ2v) is 3.71. The summed E-state index contributed by atoms with van der Waals surface area (Å²) >= 11 is 11.7. The van der Waals surface area contributed by atoms with Gasteiger partial charge in [-0.15, -0.1) is 0 Å². The lowest BCUT2D eigenvalue weighted by Gasteiger charge is -2.12. The van der Waals surface area contributed by atoms with Crippen LogP contribution in [0.15, 0.2) is 18.2 Å². The van der Waals surface area contributed by atoms with Crippen LogP contribution in [0.3, 0.4) is 0 Å². The van der Waals surface area contributed by atoms with E-state index in [1.807, 2.05) is 0 Å². The summed E-state index contributed by atoms with van der Waals surface area (Å²) in [5.41, 5.74) is 6.25. The fourth-order valence-corrected chi connectivity index (χ4v) is 1.31. The van der Waals surface area contributed by atoms with E-state index in [-0.39, 0.29) is 12.6 Å². The Morgan fingerprint density at radius 3 is 2.79 bits per heavy atom. The zero-order valence-electron chi connectivity index (χ0n) is 7.50. The third-order valence-corrected chi connectivity index (χ3v) is 2.56. The molecule has 0 aromatic heterocycles. The number of nitrogens with one attached hydrogen (secondary N) is 1. The van der Waals surface area contributed by atoms with E-state index in [9.17, 15) is 0 Å². The third kappa shape index (κ3) is 3.03. The molecule has 0 radical (unpaired) electrons. The smallest absolute Gasteiger partial charge is 0.0823 e. The van der Waals surface area contributed by atoms with Crippen molar-refractivity contribution in [1.29, 1.82) is 0 Å². The van der Waals surface area contributed by atoms with Crippen LogP contribution >= 0.6 is 23.2 Å². The van der Waals surface area contributed by atoms with E-state index in [0.717, 1.165) is 5.69 Å². The van der Waals surface area contributed by atoms with Crippen LogP contribution in [0.2, 0.25) is 10.0 Å². The molecule has 5 heteroatoms. The van der Waals surface area contributed by atoms with Crippen LogP contribution in [0.4, 0.5) is 5.69 Å². The minimum Gasteiger partial charge on any atom is -0.395 e. The highest BCUT2D eigenvalue weighted by molar-refractivity contribution is 6.43. The molecule has 0 aliphatic heterocycles. The van der Waals surface area contributed by atoms with Gasteiger partial charge in [0.15, 0.2) is 0 Å². The molecule has 0 fully saturated rings. The molecule has 3 nitrogen and oxygen atoms in total. The number of aliphatic hydroxyl groups excluding tert-OH is 1. The van der Waals surface area contributed by atoms with Crippen LogP contribution in [0, 0.1) is 0 Å². The summed E-state index contributed by atoms with van der Waals surface area (Å²) in [5.74, 6) is 0. The second kappa shape index (κ2) is 5.41. The second-order valence-electron chi connectivity index (χ2n) is 2.92. The summed E-state index contributed by atoms with van der Waals surface area (Å²) in [6.45, 7) is 0.391. The highest BCUT2D eigenvalue weighted by atomic mass is 35.5. The van der Waals surface area contributed by atoms with E-state index in [1.54, 1.807) is 18.2 Å². The van der Waals surface area contributed by atoms with Crippen molar-refractivity contribution in [3.05, 3.63) is 28.2 Å². The highest BCUT2D eigenvalue weighted by Crippen LogP contribution is 2.29. The Morgan fingerprint density at radius 1 is 1.43 bits per heavy atom. The van der Waals surface area contributed by atoms with Crippen LogP contribution in [-0.4, -0.2) is 24.3 Å². The molecule has 1 unspecified atom stereocenters. The van der Waals surface area contributed by atoms with Crippen LogP contribution < -0.4 is 11.1 Å². The van der Waals surface area contributed by atoms with E-state index in [1.165, 1.54) is 0 Å². The van der Waals surface area contributed by atoms with Gasteiger partial charge in [0.2, 0.25) is 0 Å². The zero-order chi connectivity index (χ0) is 10.6. The molecule has 1 aromatic carbocycles. The van der Waals surface area contributed by atoms with Crippen molar-refractivity contribution >= 4 is 28.9 Å². The quantitative estimate of drug-likeness (QED) is 0.744. The summed E-state index contributed by atoms with van der Waals surface area (Å²) in [5, 5.41) is 12.7. The molecular formula is C9H12Cl2N2O. The first-order chi connectivity index (χ1) is 6.65. The summed E-state index contributed by atoms with van der Waals surface area (Å²) < 4.78 is 0. The molecule has 0 aliphatic rings. The Hall–Kier alpha value is -0.480. The standard InChI is InChI=1S/C9H12Cl2N2O/c10-7-2-1-3-8(9(7)11)13-4-6(12)5-14/h1-3,6,13-14H,4-5,12H2. The Morgan fingerprint density at radius 2 is 2.14 bits per heavy atom. The van der Waals surface area contributed by atoms with Gasteiger partial charge in [-0.1, -0.05) is 29.3 Å². The molecule has 0 spiro atoms. The number of nitrogens with two attached hydrogens (primary N) is 1. The first-order valence-electron chi connectivity index (χ1n) is 4.19. The lowest BCUT2D eigenvalue weighted by molar-refractivity contribution is 0.270. The lowest BCUT2D eigenvalue weighted by atomic mass is 10.3. The monoisotopic (exact) mass is 234 g/mol. The van der Waals surface area contributed by atoms with Crippen molar-refractivity contribution < 1.29 is 5.11 Å². The number of rotatable bonds is 4. The number of hydrogen-bond acceptors (Lipinski definition) is 3. The van der Waals surface area contributed by atoms with Crippen molar-refractivity contribution in [3.63, 3.8) is 0 Å². The Balaban J connectivity index is 2.63. The van der Waals surface area contributed by atoms with Gasteiger partial charge in [0, 0.05) is 12.6 Å². The molecule has 0 bridgehead atoms. The van der Waals surface area contributed by atoms with E-state index in [4.69, 9.17) is 34.0 Å². The van der Waals surface area contributed by atoms with Gasteiger partial charge >= 0.3 is 0 Å². The fourth-order valence-electron chi connectivity index (χ4n) is 0.946. The summed E-state index contributed by atoms with van der Waals surface area (Å²) in [7, 11) is 0. The van der Waals surface area contributed by atoms with Crippen molar-refractivity contribution in [2.75, 3.05) is 18.5 Å². The SMILES string of the molecule is NC(CO)CNc1cccc(Cl)c1Cl. The van der Waals surface area contributed by atoms with Crippen molar-refractivity contribution in [3.8, 4) is 0 Å². The number of hydrogen-bond donors (Lipinski definition) is 3. The van der Waals surface area contributed by atoms with Crippen LogP contribution in [0.25, 0.3) is 0 Å². The van der Waals surface area contributed by atoms with E-state index < -0.39 is 0 Å². The molecule has 78 valence electrons. The molecule has 0 saturated carbocycles. The minimum atomic E-state index is -0.301. The molecular weight excluding hydrogens is 223 g/mol. The maximum Gasteiger partial charge on any atom is 0.0823 e. The van der Waals surface area contributed by atoms with Gasteiger partial charge in [0.25, 0.3) is 0 Å². The van der Waals surface area contributed by atoms with Crippen molar-refractivity contribution in [1.82, 2.24) is 0 Å². The summed E-state index contributed by atoms with van der Waals surface area (Å²) in [6, 6.07) is 5.01. The average Bonchev–Trinajstić information content (AvgIpc) is 2.20. The Bertz CT molecular complexity index is 307. The van der Waals surface area contributed by atoms with Crippen molar-refractivity contribution in [2.45, 2.75) is 6.04 Å². The first kappa shape index (κ1) is 11.6. The first-order valence-corrected chi connectivity index (χ1v) is 4.95. The number of anilines is 1. The fraction of sp³-hybridized carbons (Fsp3) is 0.333. The molecule has 0 aliphatic carbocycles. The van der Waals surface area contributed by atoms with Gasteiger partial charge < -0.3 is 16.2 Å². The van der Waals surface area contributed by atoms with Crippen LogP contribution in [-0.2, 0) is 0 Å². The predicted molar refractivity (Wildman–Crippen MR) is 60.0 cm³/mol. The molecule has 4 N–H and O–H groups in total. The van der Waals surface area contributed by atoms with E-state index in [0.29, 0.717) is 16.6 Å².